The number of anilines is 2. The van der Waals surface area contributed by atoms with E-state index < -0.39 is 0 Å². The van der Waals surface area contributed by atoms with Crippen molar-refractivity contribution in [3.8, 4) is 0 Å². The number of hydrogen-bond acceptors (Lipinski definition) is 9. The average molecular weight is 1240 g/mol. The van der Waals surface area contributed by atoms with Gasteiger partial charge in [0.25, 0.3) is 0 Å². The summed E-state index contributed by atoms with van der Waals surface area (Å²) in [5.41, 5.74) is 15.8. The number of carbonyl (C=O) groups excluding carboxylic acids is 2. The van der Waals surface area contributed by atoms with Crippen LogP contribution in [-0.2, 0) is 25.5 Å². The summed E-state index contributed by atoms with van der Waals surface area (Å²) < 4.78 is 10.6. The van der Waals surface area contributed by atoms with Crippen LogP contribution < -0.4 is 10.6 Å². The summed E-state index contributed by atoms with van der Waals surface area (Å²) in [6.07, 6.45) is 34.8. The maximum atomic E-state index is 11.6. The Labute approximate surface area is 553 Å². The lowest BCUT2D eigenvalue weighted by atomic mass is 9.93. The third-order valence-corrected chi connectivity index (χ3v) is 17.1. The third-order valence-electron chi connectivity index (χ3n) is 17.1. The number of morpholine rings is 1. The van der Waals surface area contributed by atoms with E-state index >= 15 is 0 Å². The number of aliphatic imine (C=N–C) groups is 1. The van der Waals surface area contributed by atoms with Crippen molar-refractivity contribution in [3.05, 3.63) is 125 Å². The van der Waals surface area contributed by atoms with E-state index in [0.29, 0.717) is 30.8 Å². The van der Waals surface area contributed by atoms with E-state index in [-0.39, 0.29) is 5.97 Å². The monoisotopic (exact) mass is 1240 g/mol. The highest BCUT2D eigenvalue weighted by Crippen LogP contribution is 2.30. The highest BCUT2D eigenvalue weighted by Gasteiger charge is 2.16. The molecule has 0 unspecified atom stereocenters. The van der Waals surface area contributed by atoms with Crippen molar-refractivity contribution in [3.63, 3.8) is 0 Å². The number of unbranched alkanes of at least 4 members (excludes halogenated alkanes) is 16. The molecule has 508 valence electrons. The molecule has 4 aromatic rings. The first-order valence-electron chi connectivity index (χ1n) is 36.6. The van der Waals surface area contributed by atoms with Crippen LogP contribution in [0, 0.1) is 0 Å². The van der Waals surface area contributed by atoms with Gasteiger partial charge in [0.05, 0.1) is 24.6 Å². The molecule has 2 N–H and O–H groups in total. The SMILES string of the molecule is CC(C)c1cccc(C(C)C)c1N.CCCCCCCCCCCC(=O)OCCN1CCOCC1.CCCCCN(CCCCC)CCCCC.CCCCN(CCCC)c1ccccc1.CN1CCCCCC1=O.c1ccc(C2=Nc3ccccc3C2)cc1. The molecule has 1 amide bonds. The number of esters is 1. The molecule has 0 saturated carbocycles. The number of nitrogens with zero attached hydrogens (tertiary/aromatic N) is 5. The molecule has 3 aliphatic rings. The van der Waals surface area contributed by atoms with Crippen LogP contribution in [0.15, 0.2) is 108 Å². The minimum Gasteiger partial charge on any atom is -0.464 e. The van der Waals surface area contributed by atoms with E-state index in [1.165, 1.54) is 208 Å². The van der Waals surface area contributed by atoms with Gasteiger partial charge in [-0.05, 0) is 123 Å². The van der Waals surface area contributed by atoms with Crippen LogP contribution in [-0.4, -0.2) is 118 Å². The molecule has 3 heterocycles. The van der Waals surface area contributed by atoms with Gasteiger partial charge in [0.15, 0.2) is 0 Å². The Hall–Kier alpha value is -5.03. The normalized spacial score (nSPS) is 13.6. The van der Waals surface area contributed by atoms with Crippen LogP contribution >= 0.6 is 0 Å². The van der Waals surface area contributed by atoms with E-state index in [0.717, 1.165) is 82.9 Å². The minimum absolute atomic E-state index is 0.0313. The van der Waals surface area contributed by atoms with Gasteiger partial charge in [0.2, 0.25) is 5.91 Å². The molecule has 90 heavy (non-hydrogen) atoms. The first-order chi connectivity index (χ1) is 43.8. The van der Waals surface area contributed by atoms with Crippen molar-refractivity contribution in [2.75, 3.05) is 96.4 Å². The standard InChI is InChI=1S/C18H35NO3.C15H33N.C14H11N.C14H23N.C12H19N.C7H13NO/c1-2-3-4-5-6-7-8-9-10-11-18(20)22-17-14-19-12-15-21-16-13-19;1-4-7-10-13-16(14-11-8-5-2)15-12-9-6-3;1-2-6-11(7-3-1)14-10-12-8-4-5-9-13(12)15-14;1-3-5-12-15(13-6-4-2)14-10-8-7-9-11-14;1-8(2)10-6-5-7-11(9(3)4)12(10)13;1-8-6-4-2-3-5-7(8)9/h2-17H2,1H3;4-15H2,1-3H3;1-9H,10H2;7-11H,3-6,12-13H2,1-2H3;5-9H,13H2,1-4H3;2-6H2,1H3. The number of nitrogens with two attached hydrogens (primary N) is 1. The van der Waals surface area contributed by atoms with Crippen LogP contribution in [0.4, 0.5) is 17.1 Å². The zero-order valence-electron chi connectivity index (χ0n) is 59.7. The van der Waals surface area contributed by atoms with Gasteiger partial charge in [0.1, 0.15) is 6.61 Å². The van der Waals surface area contributed by atoms with Crippen molar-refractivity contribution in [2.24, 2.45) is 4.99 Å². The summed E-state index contributed by atoms with van der Waals surface area (Å²) >= 11 is 0. The predicted molar refractivity (Wildman–Crippen MR) is 391 cm³/mol. The maximum absolute atomic E-state index is 11.6. The van der Waals surface area contributed by atoms with Gasteiger partial charge in [-0.25, -0.2) is 0 Å². The van der Waals surface area contributed by atoms with Gasteiger partial charge < -0.3 is 29.9 Å². The molecule has 0 bridgehead atoms. The van der Waals surface area contributed by atoms with Gasteiger partial charge in [-0.1, -0.05) is 263 Å². The lowest BCUT2D eigenvalue weighted by molar-refractivity contribution is -0.144. The second-order valence-corrected chi connectivity index (χ2v) is 25.8. The lowest BCUT2D eigenvalue weighted by Crippen LogP contribution is -2.38. The molecule has 3 aliphatic heterocycles. The van der Waals surface area contributed by atoms with E-state index in [2.05, 4.69) is 180 Å². The molecule has 0 aliphatic carbocycles. The highest BCUT2D eigenvalue weighted by molar-refractivity contribution is 6.06. The number of rotatable bonds is 35. The molecule has 0 radical (unpaired) electrons. The van der Waals surface area contributed by atoms with Gasteiger partial charge in [-0.2, -0.15) is 0 Å². The Morgan fingerprint density at radius 3 is 1.57 bits per heavy atom. The van der Waals surface area contributed by atoms with Crippen LogP contribution in [0.1, 0.15) is 277 Å². The van der Waals surface area contributed by atoms with Crippen molar-refractivity contribution in [1.29, 1.82) is 0 Å². The molecule has 7 rings (SSSR count). The van der Waals surface area contributed by atoms with Crippen molar-refractivity contribution in [2.45, 2.75) is 261 Å². The Kier molecular flexibility index (Phi) is 49.1. The fourth-order valence-electron chi connectivity index (χ4n) is 11.2. The topological polar surface area (TPSA) is 104 Å². The van der Waals surface area contributed by atoms with E-state index in [4.69, 9.17) is 15.2 Å². The Morgan fingerprint density at radius 2 is 1.04 bits per heavy atom. The number of benzene rings is 4. The van der Waals surface area contributed by atoms with Gasteiger partial charge in [0, 0.05) is 77.0 Å². The predicted octanol–water partition coefficient (Wildman–Crippen LogP) is 20.6. The second kappa shape index (κ2) is 54.5. The van der Waals surface area contributed by atoms with Crippen molar-refractivity contribution < 1.29 is 19.1 Å². The fourth-order valence-corrected chi connectivity index (χ4v) is 11.2. The lowest BCUT2D eigenvalue weighted by Gasteiger charge is -2.26. The second-order valence-electron chi connectivity index (χ2n) is 25.8. The quantitative estimate of drug-likeness (QED) is 0.0276. The van der Waals surface area contributed by atoms with Gasteiger partial charge in [-0.15, -0.1) is 0 Å². The Balaban J connectivity index is 0.000000374. The van der Waals surface area contributed by atoms with Crippen LogP contribution in [0.3, 0.4) is 0 Å². The summed E-state index contributed by atoms with van der Waals surface area (Å²) in [5.74, 6) is 1.31. The van der Waals surface area contributed by atoms with E-state index in [1.807, 2.05) is 24.1 Å². The molecule has 4 aromatic carbocycles. The molecular formula is C80H134N6O4. The summed E-state index contributed by atoms with van der Waals surface area (Å²) in [5, 5.41) is 0. The zero-order chi connectivity index (χ0) is 65.7. The number of amides is 1. The number of ether oxygens (including phenoxy) is 2. The third kappa shape index (κ3) is 38.7. The van der Waals surface area contributed by atoms with Crippen LogP contribution in [0.2, 0.25) is 0 Å². The molecular weight excluding hydrogens is 1110 g/mol. The number of para-hydroxylation sites is 3. The van der Waals surface area contributed by atoms with E-state index in [1.54, 1.807) is 0 Å². The average Bonchev–Trinajstić information content (AvgIpc) is 3.78. The Bertz CT molecular complexity index is 2300. The van der Waals surface area contributed by atoms with Gasteiger partial charge >= 0.3 is 5.97 Å². The molecule has 10 heteroatoms. The summed E-state index contributed by atoms with van der Waals surface area (Å²) in [6, 6.07) is 35.8. The van der Waals surface area contributed by atoms with Gasteiger partial charge in [-0.3, -0.25) is 19.5 Å². The van der Waals surface area contributed by atoms with Crippen LogP contribution in [0.25, 0.3) is 0 Å². The Morgan fingerprint density at radius 1 is 0.556 bits per heavy atom. The fraction of sp³-hybridized carbons (Fsp3) is 0.662. The number of fused-ring (bicyclic) bond motifs is 1. The smallest absolute Gasteiger partial charge is 0.305 e. The first-order valence-corrected chi connectivity index (χ1v) is 36.6. The highest BCUT2D eigenvalue weighted by atomic mass is 16.5. The molecule has 0 aromatic heterocycles. The van der Waals surface area contributed by atoms with Crippen molar-refractivity contribution >= 4 is 34.7 Å². The summed E-state index contributed by atoms with van der Waals surface area (Å²) in [7, 11) is 1.88. The molecule has 0 spiro atoms. The zero-order valence-corrected chi connectivity index (χ0v) is 59.7. The number of nitrogen functional groups attached to an aromatic ring is 1. The molecule has 0 atom stereocenters. The van der Waals surface area contributed by atoms with Crippen molar-refractivity contribution in [1.82, 2.24) is 14.7 Å². The number of likely N-dealkylation sites (tertiary alicyclic amines) is 1. The summed E-state index contributed by atoms with van der Waals surface area (Å²) in [4.78, 5) is 36.5. The molecule has 2 saturated heterocycles. The largest absolute Gasteiger partial charge is 0.464 e. The summed E-state index contributed by atoms with van der Waals surface area (Å²) in [6.45, 7) is 34.6. The van der Waals surface area contributed by atoms with E-state index in [9.17, 15) is 9.59 Å². The maximum Gasteiger partial charge on any atom is 0.305 e. The molecule has 10 nitrogen and oxygen atoms in total. The minimum atomic E-state index is -0.0313. The molecule has 2 fully saturated rings. The number of carbonyl (C=O) groups is 2. The first kappa shape index (κ1) is 81.1. The van der Waals surface area contributed by atoms with Crippen LogP contribution in [0.5, 0.6) is 0 Å². The number of hydrogen-bond donors (Lipinski definition) is 1.